The Balaban J connectivity index is 0.000000198. The fourth-order valence-corrected chi connectivity index (χ4v) is 13.0. The molecule has 4 amide bonds. The van der Waals surface area contributed by atoms with Crippen LogP contribution >= 0.6 is 0 Å². The molecule has 12 nitrogen and oxygen atoms in total. The first-order valence-electron chi connectivity index (χ1n) is 31.4. The molecule has 6 aromatic carbocycles. The lowest BCUT2D eigenvalue weighted by Crippen LogP contribution is -2.50. The quantitative estimate of drug-likeness (QED) is 0.0529. The molecule has 12 heteroatoms. The van der Waals surface area contributed by atoms with E-state index in [2.05, 4.69) is 128 Å². The summed E-state index contributed by atoms with van der Waals surface area (Å²) in [5.74, 6) is 0.947. The molecule has 2 unspecified atom stereocenters. The monoisotopic (exact) mass is 1110 g/mol. The predicted octanol–water partition coefficient (Wildman–Crippen LogP) is 11.2. The maximum Gasteiger partial charge on any atom is 0.251 e. The molecule has 0 bridgehead atoms. The number of carbonyl (C=O) groups excluding carboxylic acids is 4. The maximum atomic E-state index is 14.0. The molecular formula is C70H92N8O4. The van der Waals surface area contributed by atoms with Crippen LogP contribution in [0.2, 0.25) is 0 Å². The number of rotatable bonds is 22. The van der Waals surface area contributed by atoms with Crippen LogP contribution in [-0.4, -0.2) is 146 Å². The average molecular weight is 1110 g/mol. The fourth-order valence-electron chi connectivity index (χ4n) is 13.0. The van der Waals surface area contributed by atoms with Gasteiger partial charge in [-0.1, -0.05) is 161 Å². The predicted molar refractivity (Wildman–Crippen MR) is 334 cm³/mol. The van der Waals surface area contributed by atoms with Crippen molar-refractivity contribution >= 4 is 45.2 Å². The number of hydrogen-bond acceptors (Lipinski definition) is 8. The molecule has 6 aromatic rings. The lowest BCUT2D eigenvalue weighted by Gasteiger charge is -2.31. The zero-order valence-electron chi connectivity index (χ0n) is 49.1. The summed E-state index contributed by atoms with van der Waals surface area (Å²) in [4.78, 5) is 63.4. The van der Waals surface area contributed by atoms with Crippen molar-refractivity contribution in [3.05, 3.63) is 168 Å². The average Bonchev–Trinajstić information content (AvgIpc) is 3.93. The molecule has 0 spiro atoms. The van der Waals surface area contributed by atoms with Crippen LogP contribution in [0.15, 0.2) is 146 Å². The number of hydrogen-bond donors (Lipinski definition) is 4. The van der Waals surface area contributed by atoms with Gasteiger partial charge in [0.25, 0.3) is 11.8 Å². The van der Waals surface area contributed by atoms with E-state index in [0.717, 1.165) is 125 Å². The van der Waals surface area contributed by atoms with Gasteiger partial charge in [0.2, 0.25) is 11.8 Å². The van der Waals surface area contributed by atoms with Crippen molar-refractivity contribution in [1.29, 1.82) is 0 Å². The number of amides is 4. The third-order valence-electron chi connectivity index (χ3n) is 17.7. The molecular weight excluding hydrogens is 1020 g/mol. The Morgan fingerprint density at radius 1 is 0.476 bits per heavy atom. The highest BCUT2D eigenvalue weighted by Crippen LogP contribution is 2.27. The van der Waals surface area contributed by atoms with E-state index >= 15 is 0 Å². The second kappa shape index (κ2) is 31.3. The second-order valence-corrected chi connectivity index (χ2v) is 23.7. The van der Waals surface area contributed by atoms with Crippen LogP contribution in [0, 0.1) is 0 Å². The number of fused-ring (bicyclic) bond motifs is 2. The number of piperidine rings is 2. The Bertz CT molecular complexity index is 2750. The van der Waals surface area contributed by atoms with Gasteiger partial charge in [0.05, 0.1) is 12.1 Å². The summed E-state index contributed by atoms with van der Waals surface area (Å²) in [6.07, 6.45) is 15.1. The third-order valence-corrected chi connectivity index (χ3v) is 17.7. The number of benzene rings is 6. The van der Waals surface area contributed by atoms with Crippen molar-refractivity contribution in [3.8, 4) is 0 Å². The van der Waals surface area contributed by atoms with E-state index in [0.29, 0.717) is 49.1 Å². The van der Waals surface area contributed by atoms with E-state index in [9.17, 15) is 19.2 Å². The van der Waals surface area contributed by atoms with Gasteiger partial charge >= 0.3 is 0 Å². The zero-order valence-corrected chi connectivity index (χ0v) is 49.1. The Kier molecular flexibility index (Phi) is 23.0. The van der Waals surface area contributed by atoms with Crippen LogP contribution in [0.25, 0.3) is 21.5 Å². The normalized spacial score (nSPS) is 21.0. The van der Waals surface area contributed by atoms with Gasteiger partial charge in [-0.25, -0.2) is 0 Å². The van der Waals surface area contributed by atoms with Crippen molar-refractivity contribution in [2.24, 2.45) is 0 Å². The lowest BCUT2D eigenvalue weighted by molar-refractivity contribution is -0.134. The smallest absolute Gasteiger partial charge is 0.251 e. The van der Waals surface area contributed by atoms with Crippen molar-refractivity contribution in [1.82, 2.24) is 40.9 Å². The molecule has 4 fully saturated rings. The summed E-state index contributed by atoms with van der Waals surface area (Å²) in [6.45, 7) is 14.7. The van der Waals surface area contributed by atoms with Crippen LogP contribution in [-0.2, 0) is 9.59 Å². The molecule has 4 aliphatic heterocycles. The maximum absolute atomic E-state index is 14.0. The van der Waals surface area contributed by atoms with Crippen LogP contribution in [0.3, 0.4) is 0 Å². The van der Waals surface area contributed by atoms with Gasteiger partial charge in [-0.05, 0) is 147 Å². The van der Waals surface area contributed by atoms with Crippen LogP contribution < -0.4 is 21.3 Å². The topological polar surface area (TPSA) is 129 Å². The van der Waals surface area contributed by atoms with Crippen molar-refractivity contribution in [3.63, 3.8) is 0 Å². The lowest BCUT2D eigenvalue weighted by atomic mass is 9.93. The molecule has 4 saturated heterocycles. The summed E-state index contributed by atoms with van der Waals surface area (Å²) >= 11 is 0. The molecule has 436 valence electrons. The minimum Gasteiger partial charge on any atom is -0.350 e. The highest BCUT2D eigenvalue weighted by molar-refractivity contribution is 5.99. The number of likely N-dealkylation sites (tertiary alicyclic amines) is 2. The third kappa shape index (κ3) is 17.3. The van der Waals surface area contributed by atoms with Gasteiger partial charge in [0.1, 0.15) is 0 Å². The van der Waals surface area contributed by atoms with E-state index in [4.69, 9.17) is 0 Å². The van der Waals surface area contributed by atoms with E-state index in [1.807, 2.05) is 72.8 Å². The zero-order chi connectivity index (χ0) is 56.9. The molecule has 6 atom stereocenters. The molecule has 0 radical (unpaired) electrons. The molecule has 4 N–H and O–H groups in total. The van der Waals surface area contributed by atoms with Gasteiger partial charge in [-0.3, -0.25) is 19.2 Å². The molecule has 0 aliphatic carbocycles. The highest BCUT2D eigenvalue weighted by atomic mass is 16.2. The minimum atomic E-state index is -0.236. The van der Waals surface area contributed by atoms with E-state index in [1.54, 1.807) is 0 Å². The summed E-state index contributed by atoms with van der Waals surface area (Å²) in [5.41, 5.74) is 3.95. The van der Waals surface area contributed by atoms with Crippen LogP contribution in [0.4, 0.5) is 0 Å². The number of carbonyl (C=O) groups is 4. The molecule has 0 aromatic heterocycles. The summed E-state index contributed by atoms with van der Waals surface area (Å²) < 4.78 is 0. The Morgan fingerprint density at radius 2 is 0.854 bits per heavy atom. The Morgan fingerprint density at radius 3 is 1.24 bits per heavy atom. The second-order valence-electron chi connectivity index (χ2n) is 23.7. The number of nitrogens with one attached hydrogen (secondary N) is 4. The Labute approximate surface area is 489 Å². The largest absolute Gasteiger partial charge is 0.350 e. The summed E-state index contributed by atoms with van der Waals surface area (Å²) in [7, 11) is 0. The van der Waals surface area contributed by atoms with Crippen molar-refractivity contribution in [2.75, 3.05) is 78.5 Å². The molecule has 10 rings (SSSR count). The molecule has 4 aliphatic rings. The van der Waals surface area contributed by atoms with Gasteiger partial charge in [0, 0.05) is 87.4 Å². The van der Waals surface area contributed by atoms with Gasteiger partial charge in [0.15, 0.2) is 0 Å². The number of nitrogens with zero attached hydrogens (tertiary/aromatic N) is 4. The van der Waals surface area contributed by atoms with Gasteiger partial charge in [-0.2, -0.15) is 0 Å². The molecule has 4 heterocycles. The standard InChI is InChI=1S/2C35H46N4O2/c2*1-2-11-31(27-12-5-3-6-13-27)26-39-23-18-32(37-33(35(39)41)19-22-38-20-9-4-10-21-38)25-36-34(40)30-17-16-28-14-7-8-15-29(28)24-30/h2*3,5-8,12-17,24,31-33,37H,2,4,9-11,18-23,25-26H2,1H3,(H,36,40)/t2*31?,32-,33-/m00/s1. The van der Waals surface area contributed by atoms with E-state index in [-0.39, 0.29) is 47.8 Å². The van der Waals surface area contributed by atoms with Crippen LogP contribution in [0.1, 0.15) is 147 Å². The van der Waals surface area contributed by atoms with Crippen LogP contribution in [0.5, 0.6) is 0 Å². The van der Waals surface area contributed by atoms with Gasteiger partial charge in [-0.15, -0.1) is 0 Å². The SMILES string of the molecule is CCCC(CN1CC[C@@H](CNC(=O)c2ccc3ccccc3c2)N[C@@H](CCN2CCCCC2)C1=O)c1ccccc1.CCCC(CN1CC[C@@H](CNC(=O)c2ccc3ccccc3c2)N[C@@H](CCN2CCCCC2)C1=O)c1ccccc1. The molecule has 0 saturated carbocycles. The van der Waals surface area contributed by atoms with Crippen molar-refractivity contribution < 1.29 is 19.2 Å². The van der Waals surface area contributed by atoms with E-state index < -0.39 is 0 Å². The first kappa shape index (κ1) is 60.2. The molecule has 82 heavy (non-hydrogen) atoms. The summed E-state index contributed by atoms with van der Waals surface area (Å²) in [6, 6.07) is 48.8. The van der Waals surface area contributed by atoms with E-state index in [1.165, 1.54) is 49.7 Å². The van der Waals surface area contributed by atoms with Crippen molar-refractivity contribution in [2.45, 2.75) is 140 Å². The van der Waals surface area contributed by atoms with Gasteiger partial charge < -0.3 is 40.9 Å². The summed E-state index contributed by atoms with van der Waals surface area (Å²) in [5, 5.41) is 18.1. The fraction of sp³-hybridized carbons (Fsp3) is 0.486. The minimum absolute atomic E-state index is 0.0427. The first-order valence-corrected chi connectivity index (χ1v) is 31.4. The Hall–Kier alpha value is -6.44. The first-order chi connectivity index (χ1) is 40.2. The highest BCUT2D eigenvalue weighted by Gasteiger charge is 2.35.